The lowest BCUT2D eigenvalue weighted by Gasteiger charge is -2.36. The van der Waals surface area contributed by atoms with Crippen molar-refractivity contribution in [3.63, 3.8) is 0 Å². The number of piperazine rings is 1. The minimum Gasteiger partial charge on any atom is -0.368 e. The van der Waals surface area contributed by atoms with Gasteiger partial charge in [0.15, 0.2) is 11.5 Å². The summed E-state index contributed by atoms with van der Waals surface area (Å²) in [6, 6.07) is 17.6. The molecule has 2 heterocycles. The fourth-order valence-corrected chi connectivity index (χ4v) is 4.15. The highest BCUT2D eigenvalue weighted by atomic mass is 16.2. The monoisotopic (exact) mass is 415 g/mol. The summed E-state index contributed by atoms with van der Waals surface area (Å²) in [6.45, 7) is 4.34. The number of anilines is 1. The third-order valence-corrected chi connectivity index (χ3v) is 6.08. The van der Waals surface area contributed by atoms with Crippen LogP contribution in [-0.4, -0.2) is 57.8 Å². The molecule has 0 unspecified atom stereocenters. The molecule has 0 bridgehead atoms. The molecule has 1 aliphatic heterocycles. The zero-order valence-corrected chi connectivity index (χ0v) is 17.6. The minimum absolute atomic E-state index is 0.0318. The van der Waals surface area contributed by atoms with Gasteiger partial charge in [-0.25, -0.2) is 4.68 Å². The quantitative estimate of drug-likeness (QED) is 0.598. The second kappa shape index (κ2) is 7.98. The van der Waals surface area contributed by atoms with E-state index in [1.807, 2.05) is 64.2 Å². The highest BCUT2D eigenvalue weighted by Gasteiger charge is 2.36. The van der Waals surface area contributed by atoms with Gasteiger partial charge in [-0.05, 0) is 56.2 Å². The van der Waals surface area contributed by atoms with Crippen molar-refractivity contribution < 1.29 is 9.59 Å². The number of ketones is 1. The average Bonchev–Trinajstić information content (AvgIpc) is 3.57. The van der Waals surface area contributed by atoms with Crippen LogP contribution < -0.4 is 4.90 Å². The van der Waals surface area contributed by atoms with Crippen molar-refractivity contribution in [2.45, 2.75) is 25.7 Å². The molecular weight excluding hydrogens is 390 g/mol. The molecule has 1 saturated carbocycles. The van der Waals surface area contributed by atoms with Crippen molar-refractivity contribution in [1.29, 1.82) is 0 Å². The Kier molecular flexibility index (Phi) is 5.02. The normalized spacial score (nSPS) is 16.4. The first-order chi connectivity index (χ1) is 15.1. The molecule has 7 nitrogen and oxygen atoms in total. The lowest BCUT2D eigenvalue weighted by atomic mass is 10.1. The zero-order valence-electron chi connectivity index (χ0n) is 17.6. The van der Waals surface area contributed by atoms with Gasteiger partial charge in [-0.3, -0.25) is 9.59 Å². The van der Waals surface area contributed by atoms with Crippen LogP contribution in [-0.2, 0) is 0 Å². The van der Waals surface area contributed by atoms with E-state index >= 15 is 0 Å². The Bertz CT molecular complexity index is 1090. The van der Waals surface area contributed by atoms with E-state index in [0.29, 0.717) is 30.3 Å². The summed E-state index contributed by atoms with van der Waals surface area (Å²) in [7, 11) is 0. The maximum atomic E-state index is 13.3. The van der Waals surface area contributed by atoms with E-state index in [1.54, 1.807) is 6.92 Å². The van der Waals surface area contributed by atoms with Gasteiger partial charge in [-0.2, -0.15) is 0 Å². The number of Topliss-reactive ketones (excluding diaryl/α,β-unsaturated/α-hetero) is 1. The molecule has 2 aliphatic rings. The van der Waals surface area contributed by atoms with E-state index in [4.69, 9.17) is 0 Å². The van der Waals surface area contributed by atoms with E-state index in [2.05, 4.69) is 15.2 Å². The second-order valence-corrected chi connectivity index (χ2v) is 8.23. The number of para-hydroxylation sites is 1. The highest BCUT2D eigenvalue weighted by molar-refractivity contribution is 5.95. The predicted molar refractivity (Wildman–Crippen MR) is 118 cm³/mol. The van der Waals surface area contributed by atoms with Gasteiger partial charge >= 0.3 is 0 Å². The SMILES string of the molecule is CC(=O)c1ccc(N2CCN(C(=O)c3nnn(-c4ccccc4)c3C3CC3)CC2)cc1. The number of aromatic nitrogens is 3. The Hall–Kier alpha value is -3.48. The number of nitrogens with zero attached hydrogens (tertiary/aromatic N) is 5. The van der Waals surface area contributed by atoms with E-state index < -0.39 is 0 Å². The molecule has 1 saturated heterocycles. The maximum Gasteiger partial charge on any atom is 0.276 e. The van der Waals surface area contributed by atoms with Crippen molar-refractivity contribution in [3.8, 4) is 5.69 Å². The van der Waals surface area contributed by atoms with Crippen LogP contribution in [0.15, 0.2) is 54.6 Å². The summed E-state index contributed by atoms with van der Waals surface area (Å²) in [5, 5.41) is 8.64. The number of benzene rings is 2. The van der Waals surface area contributed by atoms with Crippen molar-refractivity contribution in [2.75, 3.05) is 31.1 Å². The topological polar surface area (TPSA) is 71.3 Å². The third kappa shape index (κ3) is 3.83. The number of hydrogen-bond donors (Lipinski definition) is 0. The molecule has 7 heteroatoms. The molecule has 158 valence electrons. The summed E-state index contributed by atoms with van der Waals surface area (Å²) in [4.78, 5) is 28.9. The first-order valence-electron chi connectivity index (χ1n) is 10.8. The Morgan fingerprint density at radius 1 is 0.871 bits per heavy atom. The lowest BCUT2D eigenvalue weighted by molar-refractivity contribution is 0.0739. The van der Waals surface area contributed by atoms with Crippen LogP contribution in [0.1, 0.15) is 52.2 Å². The molecule has 31 heavy (non-hydrogen) atoms. The van der Waals surface area contributed by atoms with Crippen LogP contribution >= 0.6 is 0 Å². The summed E-state index contributed by atoms with van der Waals surface area (Å²) in [5.74, 6) is 0.392. The minimum atomic E-state index is -0.0318. The summed E-state index contributed by atoms with van der Waals surface area (Å²) < 4.78 is 1.83. The van der Waals surface area contributed by atoms with Gasteiger partial charge in [0.2, 0.25) is 0 Å². The Morgan fingerprint density at radius 2 is 1.55 bits per heavy atom. The van der Waals surface area contributed by atoms with Crippen LogP contribution in [0.25, 0.3) is 5.69 Å². The van der Waals surface area contributed by atoms with Crippen molar-refractivity contribution in [3.05, 3.63) is 71.5 Å². The smallest absolute Gasteiger partial charge is 0.276 e. The van der Waals surface area contributed by atoms with E-state index in [0.717, 1.165) is 43.0 Å². The average molecular weight is 415 g/mol. The van der Waals surface area contributed by atoms with Gasteiger partial charge in [0, 0.05) is 43.3 Å². The molecule has 0 atom stereocenters. The molecule has 3 aromatic rings. The van der Waals surface area contributed by atoms with Gasteiger partial charge in [0.25, 0.3) is 5.91 Å². The maximum absolute atomic E-state index is 13.3. The van der Waals surface area contributed by atoms with Crippen LogP contribution in [0.4, 0.5) is 5.69 Å². The molecule has 0 spiro atoms. The van der Waals surface area contributed by atoms with Crippen molar-refractivity contribution in [2.24, 2.45) is 0 Å². The largest absolute Gasteiger partial charge is 0.368 e. The Balaban J connectivity index is 1.31. The van der Waals surface area contributed by atoms with E-state index in [-0.39, 0.29) is 11.7 Å². The molecule has 1 aromatic heterocycles. The fraction of sp³-hybridized carbons (Fsp3) is 0.333. The number of carbonyl (C=O) groups is 2. The third-order valence-electron chi connectivity index (χ3n) is 6.08. The number of amides is 1. The molecule has 1 amide bonds. The number of carbonyl (C=O) groups excluding carboxylic acids is 2. The zero-order chi connectivity index (χ0) is 21.4. The van der Waals surface area contributed by atoms with Gasteiger partial charge in [0.05, 0.1) is 11.4 Å². The summed E-state index contributed by atoms with van der Waals surface area (Å²) in [6.07, 6.45) is 2.15. The van der Waals surface area contributed by atoms with Crippen molar-refractivity contribution >= 4 is 17.4 Å². The second-order valence-electron chi connectivity index (χ2n) is 8.23. The van der Waals surface area contributed by atoms with Crippen LogP contribution in [0.3, 0.4) is 0 Å². The van der Waals surface area contributed by atoms with Crippen LogP contribution in [0.2, 0.25) is 0 Å². The van der Waals surface area contributed by atoms with E-state index in [9.17, 15) is 9.59 Å². The van der Waals surface area contributed by atoms with E-state index in [1.165, 1.54) is 0 Å². The molecule has 0 radical (unpaired) electrons. The Morgan fingerprint density at radius 3 is 2.16 bits per heavy atom. The number of hydrogen-bond acceptors (Lipinski definition) is 5. The molecule has 0 N–H and O–H groups in total. The van der Waals surface area contributed by atoms with Gasteiger partial charge in [-0.1, -0.05) is 23.4 Å². The van der Waals surface area contributed by atoms with Gasteiger partial charge < -0.3 is 9.80 Å². The number of rotatable bonds is 5. The van der Waals surface area contributed by atoms with Crippen LogP contribution in [0, 0.1) is 0 Å². The molecule has 5 rings (SSSR count). The summed E-state index contributed by atoms with van der Waals surface area (Å²) in [5.41, 5.74) is 4.16. The predicted octanol–water partition coefficient (Wildman–Crippen LogP) is 3.31. The first-order valence-corrected chi connectivity index (χ1v) is 10.8. The highest BCUT2D eigenvalue weighted by Crippen LogP contribution is 2.42. The first kappa shape index (κ1) is 19.5. The Labute approximate surface area is 181 Å². The molecule has 1 aliphatic carbocycles. The van der Waals surface area contributed by atoms with Crippen molar-refractivity contribution in [1.82, 2.24) is 19.9 Å². The standard InChI is InChI=1S/C24H25N5O2/c1-17(30)18-9-11-20(12-10-18)27-13-15-28(16-14-27)24(31)22-23(19-7-8-19)29(26-25-22)21-5-3-2-4-6-21/h2-6,9-12,19H,7-8,13-16H2,1H3. The van der Waals surface area contributed by atoms with Gasteiger partial charge in [0.1, 0.15) is 0 Å². The van der Waals surface area contributed by atoms with Crippen LogP contribution in [0.5, 0.6) is 0 Å². The lowest BCUT2D eigenvalue weighted by Crippen LogP contribution is -2.49. The molecule has 2 aromatic carbocycles. The van der Waals surface area contributed by atoms with Gasteiger partial charge in [-0.15, -0.1) is 5.10 Å². The summed E-state index contributed by atoms with van der Waals surface area (Å²) >= 11 is 0. The molecule has 2 fully saturated rings. The molecular formula is C24H25N5O2. The fourth-order valence-electron chi connectivity index (χ4n) is 4.15.